The van der Waals surface area contributed by atoms with Gasteiger partial charge in [-0.05, 0) is 55.3 Å². The van der Waals surface area contributed by atoms with E-state index < -0.39 is 0 Å². The van der Waals surface area contributed by atoms with Crippen LogP contribution in [0.1, 0.15) is 24.0 Å². The summed E-state index contributed by atoms with van der Waals surface area (Å²) >= 11 is 0. The molecule has 0 saturated carbocycles. The van der Waals surface area contributed by atoms with Gasteiger partial charge in [0.25, 0.3) is 0 Å². The maximum Gasteiger partial charge on any atom is 0.248 e. The molecule has 5 nitrogen and oxygen atoms in total. The van der Waals surface area contributed by atoms with Crippen molar-refractivity contribution >= 4 is 29.3 Å². The van der Waals surface area contributed by atoms with E-state index >= 15 is 0 Å². The Bertz CT molecular complexity index is 755. The van der Waals surface area contributed by atoms with Crippen LogP contribution in [0.3, 0.4) is 0 Å². The van der Waals surface area contributed by atoms with Crippen molar-refractivity contribution in [1.29, 1.82) is 0 Å². The van der Waals surface area contributed by atoms with Crippen LogP contribution in [0.4, 0.5) is 11.4 Å². The van der Waals surface area contributed by atoms with Gasteiger partial charge in [0.1, 0.15) is 0 Å². The fourth-order valence-corrected chi connectivity index (χ4v) is 2.28. The van der Waals surface area contributed by atoms with E-state index in [2.05, 4.69) is 10.6 Å². The Morgan fingerprint density at radius 3 is 2.52 bits per heavy atom. The van der Waals surface area contributed by atoms with Crippen molar-refractivity contribution in [3.05, 3.63) is 65.7 Å². The number of benzene rings is 2. The SMILES string of the molecule is Cc1cc(NC(=O)CCCN)ccc1NC(=O)/C=C/c1ccccc1. The lowest BCUT2D eigenvalue weighted by atomic mass is 10.1. The molecule has 4 N–H and O–H groups in total. The monoisotopic (exact) mass is 337 g/mol. The van der Waals surface area contributed by atoms with Gasteiger partial charge < -0.3 is 16.4 Å². The van der Waals surface area contributed by atoms with Crippen LogP contribution in [0.5, 0.6) is 0 Å². The Morgan fingerprint density at radius 2 is 1.84 bits per heavy atom. The number of amides is 2. The van der Waals surface area contributed by atoms with Gasteiger partial charge in [-0.1, -0.05) is 30.3 Å². The Labute approximate surface area is 147 Å². The lowest BCUT2D eigenvalue weighted by Gasteiger charge is -2.10. The molecule has 0 atom stereocenters. The van der Waals surface area contributed by atoms with Gasteiger partial charge in [-0.3, -0.25) is 9.59 Å². The van der Waals surface area contributed by atoms with Crippen LogP contribution in [0, 0.1) is 6.92 Å². The van der Waals surface area contributed by atoms with Gasteiger partial charge in [0.05, 0.1) is 0 Å². The summed E-state index contributed by atoms with van der Waals surface area (Å²) in [5, 5.41) is 5.66. The number of carbonyl (C=O) groups excluding carboxylic acids is 2. The average molecular weight is 337 g/mol. The molecule has 2 aromatic rings. The molecule has 0 saturated heterocycles. The molecule has 0 heterocycles. The highest BCUT2D eigenvalue weighted by Crippen LogP contribution is 2.20. The lowest BCUT2D eigenvalue weighted by Crippen LogP contribution is -2.14. The minimum absolute atomic E-state index is 0.0626. The van der Waals surface area contributed by atoms with Crippen LogP contribution in [-0.4, -0.2) is 18.4 Å². The third-order valence-electron chi connectivity index (χ3n) is 3.60. The van der Waals surface area contributed by atoms with Crippen molar-refractivity contribution in [3.63, 3.8) is 0 Å². The van der Waals surface area contributed by atoms with Crippen molar-refractivity contribution in [2.75, 3.05) is 17.2 Å². The van der Waals surface area contributed by atoms with E-state index in [1.807, 2.05) is 43.3 Å². The van der Waals surface area contributed by atoms with Crippen LogP contribution in [0.15, 0.2) is 54.6 Å². The van der Waals surface area contributed by atoms with Gasteiger partial charge in [-0.15, -0.1) is 0 Å². The average Bonchev–Trinajstić information content (AvgIpc) is 2.61. The standard InChI is InChI=1S/C20H23N3O2/c1-15-14-17(22-19(24)8-5-13-21)10-11-18(15)23-20(25)12-9-16-6-3-2-4-7-16/h2-4,6-7,9-12,14H,5,8,13,21H2,1H3,(H,22,24)(H,23,25)/b12-9+. The summed E-state index contributed by atoms with van der Waals surface area (Å²) < 4.78 is 0. The van der Waals surface area contributed by atoms with E-state index in [1.165, 1.54) is 6.08 Å². The molecule has 0 aromatic heterocycles. The van der Waals surface area contributed by atoms with Gasteiger partial charge >= 0.3 is 0 Å². The Balaban J connectivity index is 1.95. The highest BCUT2D eigenvalue weighted by Gasteiger charge is 2.06. The number of carbonyl (C=O) groups is 2. The van der Waals surface area contributed by atoms with Crippen LogP contribution in [0.2, 0.25) is 0 Å². The maximum atomic E-state index is 12.0. The highest BCUT2D eigenvalue weighted by molar-refractivity contribution is 6.02. The third kappa shape index (κ3) is 6.24. The molecule has 0 spiro atoms. The summed E-state index contributed by atoms with van der Waals surface area (Å²) in [6, 6.07) is 15.0. The molecular formula is C20H23N3O2. The van der Waals surface area contributed by atoms with E-state index in [0.717, 1.165) is 11.1 Å². The normalized spacial score (nSPS) is 10.6. The quantitative estimate of drug-likeness (QED) is 0.678. The molecule has 0 radical (unpaired) electrons. The number of hydrogen-bond donors (Lipinski definition) is 3. The van der Waals surface area contributed by atoms with E-state index in [-0.39, 0.29) is 11.8 Å². The highest BCUT2D eigenvalue weighted by atomic mass is 16.2. The van der Waals surface area contributed by atoms with E-state index in [1.54, 1.807) is 18.2 Å². The Kier molecular flexibility index (Phi) is 6.92. The first-order valence-electron chi connectivity index (χ1n) is 8.23. The number of rotatable bonds is 7. The fourth-order valence-electron chi connectivity index (χ4n) is 2.28. The molecule has 0 aliphatic heterocycles. The van der Waals surface area contributed by atoms with Crippen molar-refractivity contribution in [1.82, 2.24) is 0 Å². The fraction of sp³-hybridized carbons (Fsp3) is 0.200. The predicted molar refractivity (Wildman–Crippen MR) is 102 cm³/mol. The van der Waals surface area contributed by atoms with E-state index in [9.17, 15) is 9.59 Å². The smallest absolute Gasteiger partial charge is 0.248 e. The second kappa shape index (κ2) is 9.39. The Hall–Kier alpha value is -2.92. The number of anilines is 2. The van der Waals surface area contributed by atoms with Gasteiger partial charge in [-0.2, -0.15) is 0 Å². The summed E-state index contributed by atoms with van der Waals surface area (Å²) in [5.41, 5.74) is 8.65. The number of aryl methyl sites for hydroxylation is 1. The van der Waals surface area contributed by atoms with Crippen molar-refractivity contribution in [2.45, 2.75) is 19.8 Å². The summed E-state index contributed by atoms with van der Waals surface area (Å²) in [5.74, 6) is -0.265. The molecular weight excluding hydrogens is 314 g/mol. The number of hydrogen-bond acceptors (Lipinski definition) is 3. The zero-order chi connectivity index (χ0) is 18.1. The van der Waals surface area contributed by atoms with Gasteiger partial charge in [-0.25, -0.2) is 0 Å². The molecule has 2 rings (SSSR count). The first-order chi connectivity index (χ1) is 12.1. The molecule has 130 valence electrons. The van der Waals surface area contributed by atoms with Crippen LogP contribution < -0.4 is 16.4 Å². The third-order valence-corrected chi connectivity index (χ3v) is 3.60. The van der Waals surface area contributed by atoms with Crippen molar-refractivity contribution in [3.8, 4) is 0 Å². The second-order valence-electron chi connectivity index (χ2n) is 5.70. The maximum absolute atomic E-state index is 12.0. The largest absolute Gasteiger partial charge is 0.330 e. The first-order valence-corrected chi connectivity index (χ1v) is 8.23. The summed E-state index contributed by atoms with van der Waals surface area (Å²) in [6.07, 6.45) is 4.32. The molecule has 0 aliphatic carbocycles. The molecule has 2 amide bonds. The van der Waals surface area contributed by atoms with Crippen molar-refractivity contribution < 1.29 is 9.59 Å². The molecule has 25 heavy (non-hydrogen) atoms. The topological polar surface area (TPSA) is 84.2 Å². The second-order valence-corrected chi connectivity index (χ2v) is 5.70. The predicted octanol–water partition coefficient (Wildman–Crippen LogP) is 3.32. The molecule has 5 heteroatoms. The first kappa shape index (κ1) is 18.4. The van der Waals surface area contributed by atoms with E-state index in [0.29, 0.717) is 30.8 Å². The minimum atomic E-state index is -0.202. The van der Waals surface area contributed by atoms with Crippen molar-refractivity contribution in [2.24, 2.45) is 5.73 Å². The zero-order valence-corrected chi connectivity index (χ0v) is 14.3. The molecule has 0 aliphatic rings. The van der Waals surface area contributed by atoms with Crippen LogP contribution in [-0.2, 0) is 9.59 Å². The number of nitrogens with two attached hydrogens (primary N) is 1. The van der Waals surface area contributed by atoms with Crippen LogP contribution >= 0.6 is 0 Å². The minimum Gasteiger partial charge on any atom is -0.330 e. The van der Waals surface area contributed by atoms with Gasteiger partial charge in [0.2, 0.25) is 11.8 Å². The molecule has 0 unspecified atom stereocenters. The molecule has 0 bridgehead atoms. The summed E-state index contributed by atoms with van der Waals surface area (Å²) in [7, 11) is 0. The summed E-state index contributed by atoms with van der Waals surface area (Å²) in [4.78, 5) is 23.8. The molecule has 2 aromatic carbocycles. The lowest BCUT2D eigenvalue weighted by molar-refractivity contribution is -0.116. The Morgan fingerprint density at radius 1 is 1.08 bits per heavy atom. The molecule has 0 fully saturated rings. The zero-order valence-electron chi connectivity index (χ0n) is 14.3. The number of nitrogens with one attached hydrogen (secondary N) is 2. The van der Waals surface area contributed by atoms with Crippen LogP contribution in [0.25, 0.3) is 6.08 Å². The van der Waals surface area contributed by atoms with Gasteiger partial charge in [0, 0.05) is 23.9 Å². The summed E-state index contributed by atoms with van der Waals surface area (Å²) in [6.45, 7) is 2.37. The van der Waals surface area contributed by atoms with Gasteiger partial charge in [0.15, 0.2) is 0 Å². The van der Waals surface area contributed by atoms with E-state index in [4.69, 9.17) is 5.73 Å².